The molecule has 0 saturated heterocycles. The van der Waals surface area contributed by atoms with Gasteiger partial charge in [0.05, 0.1) is 0 Å². The fourth-order valence-corrected chi connectivity index (χ4v) is 2.15. The number of hydrogen-bond donors (Lipinski definition) is 1. The van der Waals surface area contributed by atoms with Crippen molar-refractivity contribution in [1.82, 2.24) is 5.06 Å². The Morgan fingerprint density at radius 1 is 1.42 bits per heavy atom. The van der Waals surface area contributed by atoms with Crippen LogP contribution in [0.5, 0.6) is 0 Å². The Morgan fingerprint density at radius 3 is 3.00 bits per heavy atom. The monoisotopic (exact) mass is 260 g/mol. The van der Waals surface area contributed by atoms with E-state index in [1.54, 1.807) is 0 Å². The van der Waals surface area contributed by atoms with Gasteiger partial charge in [0.25, 0.3) is 5.91 Å². The molecule has 1 aliphatic heterocycles. The van der Waals surface area contributed by atoms with Gasteiger partial charge >= 0.3 is 0 Å². The van der Waals surface area contributed by atoms with Gasteiger partial charge in [0.2, 0.25) is 0 Å². The van der Waals surface area contributed by atoms with Crippen LogP contribution >= 0.6 is 0 Å². The van der Waals surface area contributed by atoms with E-state index in [9.17, 15) is 10.0 Å². The molecule has 102 valence electrons. The zero-order chi connectivity index (χ0) is 13.7. The number of carbonyl (C=O) groups excluding carboxylic acids is 1. The highest BCUT2D eigenvalue weighted by Gasteiger charge is 2.18. The third-order valence-electron chi connectivity index (χ3n) is 3.24. The minimum atomic E-state index is -0.269. The quantitative estimate of drug-likeness (QED) is 0.653. The minimum Gasteiger partial charge on any atom is -0.339 e. The number of hydrogen-bond acceptors (Lipinski definition) is 3. The van der Waals surface area contributed by atoms with Gasteiger partial charge in [-0.2, -0.15) is 0 Å². The number of nitrogens with zero attached hydrogens (tertiary/aromatic N) is 2. The number of fused-ring (bicyclic) bond motifs is 1. The van der Waals surface area contributed by atoms with E-state index in [0.29, 0.717) is 6.54 Å². The lowest BCUT2D eigenvalue weighted by atomic mass is 10.1. The minimum absolute atomic E-state index is 0.174. The van der Waals surface area contributed by atoms with Crippen LogP contribution in [0.4, 0.5) is 5.69 Å². The van der Waals surface area contributed by atoms with E-state index in [4.69, 9.17) is 0 Å². The van der Waals surface area contributed by atoms with E-state index in [1.807, 2.05) is 42.3 Å². The van der Waals surface area contributed by atoms with Crippen molar-refractivity contribution in [2.75, 3.05) is 18.0 Å². The Labute approximate surface area is 113 Å². The Hall–Kier alpha value is -1.81. The van der Waals surface area contributed by atoms with Crippen LogP contribution in [0.2, 0.25) is 0 Å². The fraction of sp³-hybridized carbons (Fsp3) is 0.400. The summed E-state index contributed by atoms with van der Waals surface area (Å²) in [6.07, 6.45) is 6.60. The summed E-state index contributed by atoms with van der Waals surface area (Å²) < 4.78 is 0. The lowest BCUT2D eigenvalue weighted by molar-refractivity contribution is -0.163. The average molecular weight is 260 g/mol. The number of allylic oxidation sites excluding steroid dienone is 1. The molecule has 1 aliphatic rings. The largest absolute Gasteiger partial charge is 0.339 e. The molecule has 19 heavy (non-hydrogen) atoms. The second-order valence-corrected chi connectivity index (χ2v) is 4.72. The van der Waals surface area contributed by atoms with Crippen LogP contribution in [0.25, 0.3) is 0 Å². The molecular weight excluding hydrogens is 240 g/mol. The van der Waals surface area contributed by atoms with Crippen LogP contribution in [0, 0.1) is 0 Å². The number of hydroxylamine groups is 2. The number of rotatable bonds is 5. The Morgan fingerprint density at radius 2 is 2.21 bits per heavy atom. The lowest BCUT2D eigenvalue weighted by Gasteiger charge is -2.27. The van der Waals surface area contributed by atoms with Crippen molar-refractivity contribution in [3.63, 3.8) is 0 Å². The van der Waals surface area contributed by atoms with E-state index < -0.39 is 0 Å². The predicted molar refractivity (Wildman–Crippen MR) is 75.0 cm³/mol. The first kappa shape index (κ1) is 13.6. The molecular formula is C15H20N2O2. The van der Waals surface area contributed by atoms with Gasteiger partial charge in [0.1, 0.15) is 6.54 Å². The molecule has 1 aromatic carbocycles. The van der Waals surface area contributed by atoms with Crippen LogP contribution in [-0.2, 0) is 11.2 Å². The zero-order valence-electron chi connectivity index (χ0n) is 11.2. The number of benzene rings is 1. The van der Waals surface area contributed by atoms with E-state index in [0.717, 1.165) is 30.0 Å². The summed E-state index contributed by atoms with van der Waals surface area (Å²) in [5.74, 6) is -0.269. The Bertz CT molecular complexity index is 471. The molecule has 1 N–H and O–H groups in total. The number of amides is 1. The van der Waals surface area contributed by atoms with Crippen LogP contribution in [0.1, 0.15) is 25.3 Å². The molecule has 0 aromatic heterocycles. The van der Waals surface area contributed by atoms with Gasteiger partial charge in [0.15, 0.2) is 0 Å². The van der Waals surface area contributed by atoms with Crippen molar-refractivity contribution < 1.29 is 10.0 Å². The molecule has 0 unspecified atom stereocenters. The van der Waals surface area contributed by atoms with Crippen LogP contribution < -0.4 is 4.90 Å². The van der Waals surface area contributed by atoms with Gasteiger partial charge in [-0.3, -0.25) is 10.0 Å². The topological polar surface area (TPSA) is 43.8 Å². The zero-order valence-corrected chi connectivity index (χ0v) is 11.2. The summed E-state index contributed by atoms with van der Waals surface area (Å²) >= 11 is 0. The lowest BCUT2D eigenvalue weighted by Crippen LogP contribution is -2.37. The molecule has 1 amide bonds. The van der Waals surface area contributed by atoms with Crippen molar-refractivity contribution in [3.8, 4) is 0 Å². The normalized spacial score (nSPS) is 13.3. The average Bonchev–Trinajstić information content (AvgIpc) is 2.45. The predicted octanol–water partition coefficient (Wildman–Crippen LogP) is 2.58. The van der Waals surface area contributed by atoms with Crippen molar-refractivity contribution >= 4 is 11.6 Å². The summed E-state index contributed by atoms with van der Waals surface area (Å²) in [5, 5.41) is 10.5. The first-order chi connectivity index (χ1) is 9.22. The van der Waals surface area contributed by atoms with E-state index in [2.05, 4.69) is 6.07 Å². The van der Waals surface area contributed by atoms with E-state index in [1.165, 1.54) is 5.56 Å². The van der Waals surface area contributed by atoms with Gasteiger partial charge in [0, 0.05) is 18.4 Å². The summed E-state index contributed by atoms with van der Waals surface area (Å²) in [6, 6.07) is 8.02. The number of anilines is 1. The van der Waals surface area contributed by atoms with Gasteiger partial charge in [-0.05, 0) is 24.5 Å². The van der Waals surface area contributed by atoms with Crippen molar-refractivity contribution in [2.45, 2.75) is 26.2 Å². The van der Waals surface area contributed by atoms with Crippen LogP contribution in [0.3, 0.4) is 0 Å². The standard InChI is InChI=1S/C15H20N2O2/c1-2-3-11-17(19)15(18)12-16-10-6-8-13-7-4-5-9-14(13)16/h4-7,9-10,19H,2-3,8,11-12H2,1H3. The molecule has 4 heteroatoms. The number of carbonyl (C=O) groups is 1. The molecule has 0 aliphatic carbocycles. The SMILES string of the molecule is CCCCN(O)C(=O)CN1C=CCc2ccccc21. The molecule has 2 rings (SSSR count). The van der Waals surface area contributed by atoms with Crippen molar-refractivity contribution in [1.29, 1.82) is 0 Å². The fourth-order valence-electron chi connectivity index (χ4n) is 2.15. The summed E-state index contributed by atoms with van der Waals surface area (Å²) in [6.45, 7) is 2.60. The van der Waals surface area contributed by atoms with Gasteiger partial charge < -0.3 is 4.90 Å². The second-order valence-electron chi connectivity index (χ2n) is 4.72. The molecule has 1 aromatic rings. The van der Waals surface area contributed by atoms with Crippen LogP contribution in [0.15, 0.2) is 36.5 Å². The highest BCUT2D eigenvalue weighted by atomic mass is 16.5. The summed E-state index contributed by atoms with van der Waals surface area (Å²) in [7, 11) is 0. The number of unbranched alkanes of at least 4 members (excludes halogenated alkanes) is 1. The third kappa shape index (κ3) is 3.35. The molecule has 0 saturated carbocycles. The summed E-state index contributed by atoms with van der Waals surface area (Å²) in [5.41, 5.74) is 2.25. The van der Waals surface area contributed by atoms with Gasteiger partial charge in [-0.15, -0.1) is 0 Å². The smallest absolute Gasteiger partial charge is 0.265 e. The summed E-state index contributed by atoms with van der Waals surface area (Å²) in [4.78, 5) is 13.8. The Balaban J connectivity index is 2.01. The molecule has 4 nitrogen and oxygen atoms in total. The molecule has 0 spiro atoms. The van der Waals surface area contributed by atoms with Gasteiger partial charge in [-0.1, -0.05) is 37.6 Å². The first-order valence-electron chi connectivity index (χ1n) is 6.73. The van der Waals surface area contributed by atoms with Crippen molar-refractivity contribution in [3.05, 3.63) is 42.1 Å². The highest BCUT2D eigenvalue weighted by molar-refractivity contribution is 5.81. The maximum atomic E-state index is 11.9. The maximum absolute atomic E-state index is 11.9. The van der Waals surface area contributed by atoms with E-state index >= 15 is 0 Å². The first-order valence-corrected chi connectivity index (χ1v) is 6.73. The molecule has 1 heterocycles. The molecule has 0 fully saturated rings. The van der Waals surface area contributed by atoms with Gasteiger partial charge in [-0.25, -0.2) is 5.06 Å². The van der Waals surface area contributed by atoms with E-state index in [-0.39, 0.29) is 12.5 Å². The Kier molecular flexibility index (Phi) is 4.58. The van der Waals surface area contributed by atoms with Crippen molar-refractivity contribution in [2.24, 2.45) is 0 Å². The number of para-hydroxylation sites is 1. The molecule has 0 bridgehead atoms. The maximum Gasteiger partial charge on any atom is 0.265 e. The van der Waals surface area contributed by atoms with Crippen LogP contribution in [-0.4, -0.2) is 29.3 Å². The molecule has 0 atom stereocenters. The second kappa shape index (κ2) is 6.38. The third-order valence-corrected chi connectivity index (χ3v) is 3.24. The highest BCUT2D eigenvalue weighted by Crippen LogP contribution is 2.25. The molecule has 0 radical (unpaired) electrons.